The number of hydroxylamine groups is 2. The summed E-state index contributed by atoms with van der Waals surface area (Å²) in [6, 6.07) is 9.18. The van der Waals surface area contributed by atoms with Crippen LogP contribution in [0.3, 0.4) is 0 Å². The zero-order chi connectivity index (χ0) is 19.7. The van der Waals surface area contributed by atoms with Gasteiger partial charge in [0.15, 0.2) is 0 Å². The summed E-state index contributed by atoms with van der Waals surface area (Å²) in [5, 5.41) is 3.04. The van der Waals surface area contributed by atoms with Crippen molar-refractivity contribution in [3.05, 3.63) is 48.0 Å². The molecule has 1 saturated heterocycles. The Balaban J connectivity index is 1.19. The average molecular weight is 384 g/mol. The first-order valence-electron chi connectivity index (χ1n) is 9.26. The number of hydrogen-bond acceptors (Lipinski definition) is 6. The van der Waals surface area contributed by atoms with Gasteiger partial charge in [0, 0.05) is 6.54 Å². The van der Waals surface area contributed by atoms with Crippen molar-refractivity contribution < 1.29 is 28.8 Å². The Hall–Kier alpha value is -3.16. The lowest BCUT2D eigenvalue weighted by Gasteiger charge is -2.15. The van der Waals surface area contributed by atoms with Gasteiger partial charge < -0.3 is 14.9 Å². The van der Waals surface area contributed by atoms with Gasteiger partial charge in [0.2, 0.25) is 0 Å². The molecule has 2 fully saturated rings. The zero-order valence-corrected chi connectivity index (χ0v) is 15.1. The maximum atomic E-state index is 12.4. The van der Waals surface area contributed by atoms with E-state index in [0.717, 1.165) is 12.0 Å². The second kappa shape index (κ2) is 7.46. The second-order valence-electron chi connectivity index (χ2n) is 7.17. The van der Waals surface area contributed by atoms with Gasteiger partial charge in [-0.3, -0.25) is 9.59 Å². The lowest BCUT2D eigenvalue weighted by atomic mass is 9.85. The van der Waals surface area contributed by atoms with Crippen LogP contribution in [0.15, 0.2) is 42.5 Å². The first-order chi connectivity index (χ1) is 13.5. The van der Waals surface area contributed by atoms with Gasteiger partial charge in [0.05, 0.1) is 18.3 Å². The van der Waals surface area contributed by atoms with E-state index >= 15 is 0 Å². The number of nitrogens with zero attached hydrogens (tertiary/aromatic N) is 1. The lowest BCUT2D eigenvalue weighted by molar-refractivity contribution is -0.199. The van der Waals surface area contributed by atoms with Crippen LogP contribution in [-0.4, -0.2) is 35.5 Å². The Morgan fingerprint density at radius 2 is 1.68 bits per heavy atom. The van der Waals surface area contributed by atoms with Crippen LogP contribution >= 0.6 is 0 Å². The van der Waals surface area contributed by atoms with Crippen LogP contribution in [0.4, 0.5) is 4.79 Å². The van der Waals surface area contributed by atoms with E-state index in [9.17, 15) is 19.2 Å². The molecule has 8 nitrogen and oxygen atoms in total. The van der Waals surface area contributed by atoms with Gasteiger partial charge in [-0.25, -0.2) is 9.59 Å². The molecule has 3 aliphatic rings. The predicted molar refractivity (Wildman–Crippen MR) is 94.9 cm³/mol. The highest BCUT2D eigenvalue weighted by Crippen LogP contribution is 2.52. The number of carbonyl (C=O) groups excluding carboxylic acids is 4. The molecule has 0 spiro atoms. The van der Waals surface area contributed by atoms with Crippen molar-refractivity contribution in [3.8, 4) is 0 Å². The molecule has 1 aromatic carbocycles. The minimum atomic E-state index is -0.759. The van der Waals surface area contributed by atoms with Gasteiger partial charge in [0.1, 0.15) is 6.61 Å². The monoisotopic (exact) mass is 384 g/mol. The van der Waals surface area contributed by atoms with Crippen molar-refractivity contribution in [2.75, 3.05) is 6.54 Å². The number of ether oxygens (including phenoxy) is 1. The highest BCUT2D eigenvalue weighted by atomic mass is 16.7. The number of carbonyl (C=O) groups is 4. The van der Waals surface area contributed by atoms with Crippen molar-refractivity contribution in [3.63, 3.8) is 0 Å². The molecule has 0 radical (unpaired) electrons. The molecule has 2 aliphatic carbocycles. The largest absolute Gasteiger partial charge is 0.445 e. The van der Waals surface area contributed by atoms with Gasteiger partial charge in [-0.05, 0) is 23.8 Å². The van der Waals surface area contributed by atoms with E-state index in [1.54, 1.807) is 0 Å². The SMILES string of the molecule is O=C(CCNC(=O)OCc1ccccc1)ON1C(=O)C2C3C=CC(C3)C2C1=O. The zero-order valence-electron chi connectivity index (χ0n) is 15.1. The molecule has 4 rings (SSSR count). The van der Waals surface area contributed by atoms with Crippen molar-refractivity contribution >= 4 is 23.9 Å². The molecule has 8 heteroatoms. The normalized spacial score (nSPS) is 27.1. The number of fused-ring (bicyclic) bond motifs is 5. The van der Waals surface area contributed by atoms with Crippen LogP contribution in [-0.2, 0) is 30.6 Å². The first-order valence-corrected chi connectivity index (χ1v) is 9.26. The van der Waals surface area contributed by atoms with Crippen LogP contribution < -0.4 is 5.32 Å². The third-order valence-electron chi connectivity index (χ3n) is 5.43. The summed E-state index contributed by atoms with van der Waals surface area (Å²) in [4.78, 5) is 53.5. The Kier molecular flexibility index (Phi) is 4.85. The van der Waals surface area contributed by atoms with Gasteiger partial charge in [-0.2, -0.15) is 0 Å². The van der Waals surface area contributed by atoms with E-state index in [4.69, 9.17) is 9.57 Å². The molecule has 4 unspecified atom stereocenters. The first kappa shape index (κ1) is 18.2. The van der Waals surface area contributed by atoms with E-state index < -0.39 is 35.7 Å². The molecule has 1 heterocycles. The number of nitrogens with one attached hydrogen (secondary N) is 1. The quantitative estimate of drug-likeness (QED) is 0.590. The molecule has 28 heavy (non-hydrogen) atoms. The van der Waals surface area contributed by atoms with Crippen molar-refractivity contribution in [1.29, 1.82) is 0 Å². The van der Waals surface area contributed by atoms with Crippen molar-refractivity contribution in [1.82, 2.24) is 10.4 Å². The number of alkyl carbamates (subject to hydrolysis) is 1. The number of imide groups is 1. The van der Waals surface area contributed by atoms with Gasteiger partial charge in [-0.1, -0.05) is 42.5 Å². The summed E-state index contributed by atoms with van der Waals surface area (Å²) in [5.74, 6) is -2.38. The summed E-state index contributed by atoms with van der Waals surface area (Å²) in [6.07, 6.45) is 3.89. The molecule has 1 aliphatic heterocycles. The number of rotatable bonds is 6. The van der Waals surface area contributed by atoms with E-state index in [-0.39, 0.29) is 31.4 Å². The van der Waals surface area contributed by atoms with Crippen molar-refractivity contribution in [2.24, 2.45) is 23.7 Å². The van der Waals surface area contributed by atoms with Crippen LogP contribution in [0.2, 0.25) is 0 Å². The van der Waals surface area contributed by atoms with Crippen LogP contribution in [0.25, 0.3) is 0 Å². The average Bonchev–Trinajstić information content (AvgIpc) is 3.37. The fourth-order valence-electron chi connectivity index (χ4n) is 4.15. The number of hydrogen-bond donors (Lipinski definition) is 1. The number of allylic oxidation sites excluding steroid dienone is 2. The summed E-state index contributed by atoms with van der Waals surface area (Å²) in [7, 11) is 0. The number of benzene rings is 1. The van der Waals surface area contributed by atoms with Crippen LogP contribution in [0, 0.1) is 23.7 Å². The third kappa shape index (κ3) is 3.37. The Bertz CT molecular complexity index is 806. The van der Waals surface area contributed by atoms with Gasteiger partial charge >= 0.3 is 12.1 Å². The fraction of sp³-hybridized carbons (Fsp3) is 0.400. The van der Waals surface area contributed by atoms with Crippen molar-refractivity contribution in [2.45, 2.75) is 19.4 Å². The maximum absolute atomic E-state index is 12.4. The molecule has 2 bridgehead atoms. The van der Waals surface area contributed by atoms with E-state index in [2.05, 4.69) is 5.32 Å². The minimum absolute atomic E-state index is 0.0255. The molecule has 1 aromatic rings. The lowest BCUT2D eigenvalue weighted by Crippen LogP contribution is -2.36. The topological polar surface area (TPSA) is 102 Å². The van der Waals surface area contributed by atoms with E-state index in [1.165, 1.54) is 0 Å². The fourth-order valence-corrected chi connectivity index (χ4v) is 4.15. The predicted octanol–water partition coefficient (Wildman–Crippen LogP) is 1.57. The summed E-state index contributed by atoms with van der Waals surface area (Å²) >= 11 is 0. The Morgan fingerprint density at radius 3 is 2.32 bits per heavy atom. The molecular formula is C20H20N2O6. The summed E-state index contributed by atoms with van der Waals surface area (Å²) in [5.41, 5.74) is 0.845. The van der Waals surface area contributed by atoms with Gasteiger partial charge in [0.25, 0.3) is 11.8 Å². The summed E-state index contributed by atoms with van der Waals surface area (Å²) < 4.78 is 5.03. The highest BCUT2D eigenvalue weighted by Gasteiger charge is 2.60. The minimum Gasteiger partial charge on any atom is -0.445 e. The van der Waals surface area contributed by atoms with E-state index in [1.807, 2.05) is 42.5 Å². The molecule has 4 atom stereocenters. The molecule has 1 N–H and O–H groups in total. The molecule has 3 amide bonds. The Labute approximate surface area is 161 Å². The second-order valence-corrected chi connectivity index (χ2v) is 7.17. The summed E-state index contributed by atoms with van der Waals surface area (Å²) in [6.45, 7) is 0.0926. The highest BCUT2D eigenvalue weighted by molar-refractivity contribution is 6.06. The maximum Gasteiger partial charge on any atom is 0.407 e. The Morgan fingerprint density at radius 1 is 1.04 bits per heavy atom. The molecule has 1 saturated carbocycles. The molecule has 0 aromatic heterocycles. The van der Waals surface area contributed by atoms with Crippen LogP contribution in [0.5, 0.6) is 0 Å². The standard InChI is InChI=1S/C20H20N2O6/c23-15(8-9-21-20(26)27-11-12-4-2-1-3-5-12)28-22-18(24)16-13-6-7-14(10-13)17(16)19(22)25/h1-7,13-14,16-17H,8-11H2,(H,21,26). The molecular weight excluding hydrogens is 364 g/mol. The third-order valence-corrected chi connectivity index (χ3v) is 5.43. The molecule has 146 valence electrons. The smallest absolute Gasteiger partial charge is 0.407 e. The number of amides is 3. The van der Waals surface area contributed by atoms with Gasteiger partial charge in [-0.15, -0.1) is 5.06 Å². The van der Waals surface area contributed by atoms with E-state index in [0.29, 0.717) is 5.06 Å². The van der Waals surface area contributed by atoms with Crippen LogP contribution in [0.1, 0.15) is 18.4 Å².